The number of halogens is 1. The number of amides is 1. The quantitative estimate of drug-likeness (QED) is 0.707. The minimum absolute atomic E-state index is 0.0601. The third-order valence-corrected chi connectivity index (χ3v) is 6.52. The van der Waals surface area contributed by atoms with Crippen LogP contribution in [0.25, 0.3) is 0 Å². The van der Waals surface area contributed by atoms with Gasteiger partial charge in [0.05, 0.1) is 11.4 Å². The number of nitrogens with zero attached hydrogens (tertiary/aromatic N) is 1. The number of sulfonamides is 1. The Morgan fingerprint density at radius 2 is 1.67 bits per heavy atom. The van der Waals surface area contributed by atoms with Crippen molar-refractivity contribution in [2.45, 2.75) is 23.8 Å². The minimum atomic E-state index is -3.53. The molecule has 1 saturated heterocycles. The fraction of sp³-hybridized carbons (Fsp3) is 0.316. The van der Waals surface area contributed by atoms with Crippen LogP contribution in [0.4, 0.5) is 5.69 Å². The van der Waals surface area contributed by atoms with Crippen molar-refractivity contribution in [3.05, 3.63) is 59.1 Å². The summed E-state index contributed by atoms with van der Waals surface area (Å²) in [5.41, 5.74) is 0.777. The molecule has 0 atom stereocenters. The van der Waals surface area contributed by atoms with Gasteiger partial charge < -0.3 is 5.32 Å². The molecule has 1 fully saturated rings. The number of likely N-dealkylation sites (tertiary alicyclic amines) is 1. The molecule has 0 aliphatic carbocycles. The normalized spacial score (nSPS) is 16.2. The third-order valence-electron chi connectivity index (χ3n) is 4.46. The van der Waals surface area contributed by atoms with Crippen LogP contribution in [-0.4, -0.2) is 44.9 Å². The predicted octanol–water partition coefficient (Wildman–Crippen LogP) is 2.83. The number of carbonyl (C=O) groups is 1. The summed E-state index contributed by atoms with van der Waals surface area (Å²) in [5, 5.41) is 2.87. The van der Waals surface area contributed by atoms with Crippen LogP contribution >= 0.6 is 15.9 Å². The van der Waals surface area contributed by atoms with Crippen LogP contribution in [0.15, 0.2) is 64.0 Å². The Morgan fingerprint density at radius 1 is 1.04 bits per heavy atom. The first kappa shape index (κ1) is 20.0. The molecule has 1 aliphatic heterocycles. The molecular formula is C19H22BrN3O3S. The largest absolute Gasteiger partial charge is 0.325 e. The number of piperidine rings is 1. The van der Waals surface area contributed by atoms with Crippen molar-refractivity contribution >= 4 is 37.5 Å². The number of hydrogen-bond donors (Lipinski definition) is 2. The molecule has 2 aromatic carbocycles. The number of carbonyl (C=O) groups excluding carboxylic acids is 1. The van der Waals surface area contributed by atoms with E-state index in [1.54, 1.807) is 24.3 Å². The Balaban J connectivity index is 1.47. The van der Waals surface area contributed by atoms with E-state index >= 15 is 0 Å². The molecule has 0 spiro atoms. The third kappa shape index (κ3) is 5.87. The van der Waals surface area contributed by atoms with Gasteiger partial charge in [-0.15, -0.1) is 0 Å². The Labute approximate surface area is 168 Å². The summed E-state index contributed by atoms with van der Waals surface area (Å²) >= 11 is 3.30. The second kappa shape index (κ2) is 8.97. The van der Waals surface area contributed by atoms with Gasteiger partial charge in [-0.1, -0.05) is 34.1 Å². The maximum Gasteiger partial charge on any atom is 0.240 e. The lowest BCUT2D eigenvalue weighted by atomic mass is 10.1. The molecule has 0 aromatic heterocycles. The van der Waals surface area contributed by atoms with Crippen LogP contribution in [0.5, 0.6) is 0 Å². The number of rotatable bonds is 6. The number of anilines is 1. The Morgan fingerprint density at radius 3 is 2.30 bits per heavy atom. The van der Waals surface area contributed by atoms with Crippen LogP contribution < -0.4 is 10.0 Å². The maximum atomic E-state index is 12.5. The molecule has 1 heterocycles. The van der Waals surface area contributed by atoms with Gasteiger partial charge >= 0.3 is 0 Å². The first-order valence-corrected chi connectivity index (χ1v) is 11.1. The summed E-state index contributed by atoms with van der Waals surface area (Å²) in [5.74, 6) is -0.0601. The summed E-state index contributed by atoms with van der Waals surface area (Å²) in [6.45, 7) is 1.66. The first-order valence-electron chi connectivity index (χ1n) is 8.77. The summed E-state index contributed by atoms with van der Waals surface area (Å²) in [7, 11) is -3.53. The van der Waals surface area contributed by atoms with Gasteiger partial charge in [0.2, 0.25) is 15.9 Å². The zero-order chi connectivity index (χ0) is 19.3. The van der Waals surface area contributed by atoms with E-state index in [0.717, 1.165) is 10.2 Å². The van der Waals surface area contributed by atoms with Gasteiger partial charge in [-0.05, 0) is 49.2 Å². The summed E-state index contributed by atoms with van der Waals surface area (Å²) in [6, 6.07) is 15.8. The number of benzene rings is 2. The van der Waals surface area contributed by atoms with Crippen molar-refractivity contribution in [2.75, 3.05) is 25.0 Å². The zero-order valence-electron chi connectivity index (χ0n) is 14.8. The fourth-order valence-electron chi connectivity index (χ4n) is 3.04. The molecule has 1 aliphatic rings. The summed E-state index contributed by atoms with van der Waals surface area (Å²) in [4.78, 5) is 14.4. The van der Waals surface area contributed by atoms with Crippen LogP contribution in [0.2, 0.25) is 0 Å². The first-order chi connectivity index (χ1) is 12.9. The average Bonchev–Trinajstić information content (AvgIpc) is 2.64. The van der Waals surface area contributed by atoms with Gasteiger partial charge in [0, 0.05) is 29.3 Å². The lowest BCUT2D eigenvalue weighted by Gasteiger charge is -2.31. The van der Waals surface area contributed by atoms with Crippen LogP contribution in [0, 0.1) is 0 Å². The summed E-state index contributed by atoms with van der Waals surface area (Å²) < 4.78 is 28.6. The molecule has 0 radical (unpaired) electrons. The Hall–Kier alpha value is -1.74. The monoisotopic (exact) mass is 451 g/mol. The van der Waals surface area contributed by atoms with Gasteiger partial charge in [-0.25, -0.2) is 13.1 Å². The number of nitrogens with one attached hydrogen (secondary N) is 2. The van der Waals surface area contributed by atoms with Crippen LogP contribution in [0.3, 0.4) is 0 Å². The van der Waals surface area contributed by atoms with E-state index in [0.29, 0.717) is 32.5 Å². The molecule has 2 N–H and O–H groups in total. The van der Waals surface area contributed by atoms with E-state index in [1.165, 1.54) is 0 Å². The fourth-order valence-corrected chi connectivity index (χ4v) is 4.60. The van der Waals surface area contributed by atoms with Gasteiger partial charge in [-0.3, -0.25) is 9.69 Å². The second-order valence-electron chi connectivity index (χ2n) is 6.54. The Kier molecular flexibility index (Phi) is 6.64. The highest BCUT2D eigenvalue weighted by Crippen LogP contribution is 2.17. The van der Waals surface area contributed by atoms with E-state index in [-0.39, 0.29) is 16.8 Å². The molecule has 0 saturated carbocycles. The van der Waals surface area contributed by atoms with Crippen LogP contribution in [-0.2, 0) is 14.8 Å². The average molecular weight is 452 g/mol. The lowest BCUT2D eigenvalue weighted by molar-refractivity contribution is -0.117. The van der Waals surface area contributed by atoms with Gasteiger partial charge in [-0.2, -0.15) is 0 Å². The van der Waals surface area contributed by atoms with Crippen molar-refractivity contribution in [3.8, 4) is 0 Å². The van der Waals surface area contributed by atoms with Crippen LogP contribution in [0.1, 0.15) is 12.8 Å². The van der Waals surface area contributed by atoms with E-state index in [9.17, 15) is 13.2 Å². The van der Waals surface area contributed by atoms with Gasteiger partial charge in [0.15, 0.2) is 0 Å². The van der Waals surface area contributed by atoms with E-state index < -0.39 is 10.0 Å². The zero-order valence-corrected chi connectivity index (χ0v) is 17.2. The van der Waals surface area contributed by atoms with Crippen molar-refractivity contribution < 1.29 is 13.2 Å². The van der Waals surface area contributed by atoms with E-state index in [1.807, 2.05) is 35.2 Å². The van der Waals surface area contributed by atoms with E-state index in [4.69, 9.17) is 0 Å². The van der Waals surface area contributed by atoms with E-state index in [2.05, 4.69) is 26.0 Å². The molecule has 8 heteroatoms. The van der Waals surface area contributed by atoms with Gasteiger partial charge in [0.25, 0.3) is 0 Å². The molecule has 0 bridgehead atoms. The molecule has 3 rings (SSSR count). The standard InChI is InChI=1S/C19H22BrN3O3S/c20-15-6-8-18(9-7-15)27(25,26)22-17-10-12-23(13-11-17)14-19(24)21-16-4-2-1-3-5-16/h1-9,17,22H,10-14H2,(H,21,24). The molecule has 6 nitrogen and oxygen atoms in total. The SMILES string of the molecule is O=C(CN1CCC(NS(=O)(=O)c2ccc(Br)cc2)CC1)Nc1ccccc1. The molecule has 144 valence electrons. The highest BCUT2D eigenvalue weighted by Gasteiger charge is 2.25. The number of para-hydroxylation sites is 1. The van der Waals surface area contributed by atoms with Crippen molar-refractivity contribution in [1.82, 2.24) is 9.62 Å². The molecule has 2 aromatic rings. The molecular weight excluding hydrogens is 430 g/mol. The summed E-state index contributed by atoms with van der Waals surface area (Å²) in [6.07, 6.45) is 1.35. The van der Waals surface area contributed by atoms with Crippen molar-refractivity contribution in [3.63, 3.8) is 0 Å². The smallest absolute Gasteiger partial charge is 0.240 e. The highest BCUT2D eigenvalue weighted by atomic mass is 79.9. The molecule has 27 heavy (non-hydrogen) atoms. The minimum Gasteiger partial charge on any atom is -0.325 e. The second-order valence-corrected chi connectivity index (χ2v) is 9.17. The topological polar surface area (TPSA) is 78.5 Å². The maximum absolute atomic E-state index is 12.5. The van der Waals surface area contributed by atoms with Crippen molar-refractivity contribution in [1.29, 1.82) is 0 Å². The molecule has 1 amide bonds. The number of hydrogen-bond acceptors (Lipinski definition) is 4. The lowest BCUT2D eigenvalue weighted by Crippen LogP contribution is -2.46. The highest BCUT2D eigenvalue weighted by molar-refractivity contribution is 9.10. The van der Waals surface area contributed by atoms with Gasteiger partial charge in [0.1, 0.15) is 0 Å². The van der Waals surface area contributed by atoms with Crippen molar-refractivity contribution in [2.24, 2.45) is 0 Å². The molecule has 0 unspecified atom stereocenters. The Bertz CT molecular complexity index is 865. The predicted molar refractivity (Wildman–Crippen MR) is 109 cm³/mol.